The van der Waals surface area contributed by atoms with E-state index in [0.717, 1.165) is 54.9 Å². The number of alkyl halides is 1. The van der Waals surface area contributed by atoms with Crippen LogP contribution in [0, 0.1) is 0 Å². The molecule has 2 aliphatic rings. The van der Waals surface area contributed by atoms with E-state index >= 15 is 0 Å². The summed E-state index contributed by atoms with van der Waals surface area (Å²) in [5.74, 6) is 1.87. The quantitative estimate of drug-likeness (QED) is 0.439. The Morgan fingerprint density at radius 1 is 1.09 bits per heavy atom. The largest absolute Gasteiger partial charge is 0.480 e. The number of methoxy groups -OCH3 is 2. The first-order valence-electron chi connectivity index (χ1n) is 11.7. The zero-order valence-electron chi connectivity index (χ0n) is 19.9. The van der Waals surface area contributed by atoms with Crippen LogP contribution in [0.4, 0.5) is 10.2 Å². The minimum atomic E-state index is -0.296. The van der Waals surface area contributed by atoms with Crippen molar-refractivity contribution < 1.29 is 18.6 Å². The van der Waals surface area contributed by atoms with Crippen LogP contribution in [-0.4, -0.2) is 72.8 Å². The molecule has 1 saturated heterocycles. The van der Waals surface area contributed by atoms with Crippen LogP contribution in [0.3, 0.4) is 0 Å². The third-order valence-corrected chi connectivity index (χ3v) is 6.55. The summed E-state index contributed by atoms with van der Waals surface area (Å²) in [5, 5.41) is 20.4. The van der Waals surface area contributed by atoms with Crippen molar-refractivity contribution in [3.8, 4) is 34.0 Å². The molecule has 0 radical (unpaired) electrons. The van der Waals surface area contributed by atoms with Crippen molar-refractivity contribution in [1.29, 1.82) is 0 Å². The van der Waals surface area contributed by atoms with Crippen molar-refractivity contribution in [2.45, 2.75) is 30.8 Å². The van der Waals surface area contributed by atoms with E-state index in [9.17, 15) is 4.39 Å². The van der Waals surface area contributed by atoms with E-state index in [-0.39, 0.29) is 25.0 Å². The number of hydrogen-bond acceptors (Lipinski definition) is 9. The summed E-state index contributed by atoms with van der Waals surface area (Å²) in [5.41, 5.74) is 2.97. The van der Waals surface area contributed by atoms with Crippen LogP contribution in [0.15, 0.2) is 42.6 Å². The Morgan fingerprint density at radius 3 is 2.69 bits per heavy atom. The number of anilines is 1. The van der Waals surface area contributed by atoms with Gasteiger partial charge in [-0.05, 0) is 49.1 Å². The number of nitrogens with zero attached hydrogens (tertiary/aromatic N) is 5. The zero-order chi connectivity index (χ0) is 24.3. The Balaban J connectivity index is 1.34. The first-order valence-corrected chi connectivity index (χ1v) is 11.7. The van der Waals surface area contributed by atoms with Crippen LogP contribution >= 0.6 is 0 Å². The van der Waals surface area contributed by atoms with Gasteiger partial charge < -0.3 is 24.4 Å². The maximum absolute atomic E-state index is 13.3. The summed E-state index contributed by atoms with van der Waals surface area (Å²) in [4.78, 5) is 2.19. The molecule has 1 N–H and O–H groups in total. The van der Waals surface area contributed by atoms with Crippen molar-refractivity contribution in [3.05, 3.63) is 42.6 Å². The molecule has 5 rings (SSSR count). The van der Waals surface area contributed by atoms with E-state index in [4.69, 9.17) is 14.2 Å². The smallest absolute Gasteiger partial charge is 0.233 e. The standard InChI is InChI=1S/C25H29FN6O3/c1-33-16-35-22-11-17(18-12-24(34-2)31-27-13-18)3-4-20(22)21-5-6-23(30-29-21)32-10-7-19(14-32)28-25(15-26)8-9-25/h3-6,11-13,19,28H,7-10,14-16H2,1-2H3. The van der Waals surface area contributed by atoms with E-state index in [1.54, 1.807) is 20.4 Å². The molecule has 1 aromatic carbocycles. The predicted molar refractivity (Wildman–Crippen MR) is 129 cm³/mol. The summed E-state index contributed by atoms with van der Waals surface area (Å²) in [7, 11) is 3.13. The SMILES string of the molecule is COCOc1cc(-c2cnnc(OC)c2)ccc1-c1ccc(N2CCC(NC3(CF)CC3)C2)nn1. The van der Waals surface area contributed by atoms with E-state index < -0.39 is 0 Å². The lowest BCUT2D eigenvalue weighted by atomic mass is 10.0. The Hall–Kier alpha value is -3.37. The highest BCUT2D eigenvalue weighted by Crippen LogP contribution is 2.37. The molecule has 184 valence electrons. The van der Waals surface area contributed by atoms with Gasteiger partial charge in [0.2, 0.25) is 5.88 Å². The lowest BCUT2D eigenvalue weighted by Crippen LogP contribution is -2.43. The second kappa shape index (κ2) is 10.1. The molecule has 3 aromatic rings. The first-order chi connectivity index (χ1) is 17.1. The van der Waals surface area contributed by atoms with Gasteiger partial charge in [0.25, 0.3) is 0 Å². The fourth-order valence-electron chi connectivity index (χ4n) is 4.38. The summed E-state index contributed by atoms with van der Waals surface area (Å²) in [6.45, 7) is 1.47. The second-order valence-electron chi connectivity index (χ2n) is 9.02. The molecule has 0 spiro atoms. The number of aromatic nitrogens is 4. The molecule has 10 heteroatoms. The summed E-state index contributed by atoms with van der Waals surface area (Å²) in [6.07, 6.45) is 4.48. The third-order valence-electron chi connectivity index (χ3n) is 6.55. The number of benzene rings is 1. The lowest BCUT2D eigenvalue weighted by Gasteiger charge is -2.21. The van der Waals surface area contributed by atoms with Crippen LogP contribution in [-0.2, 0) is 4.74 Å². The zero-order valence-corrected chi connectivity index (χ0v) is 19.9. The number of rotatable bonds is 10. The van der Waals surface area contributed by atoms with Gasteiger partial charge in [0.1, 0.15) is 12.4 Å². The predicted octanol–water partition coefficient (Wildman–Crippen LogP) is 3.26. The van der Waals surface area contributed by atoms with Gasteiger partial charge in [-0.2, -0.15) is 5.10 Å². The molecule has 3 heterocycles. The van der Waals surface area contributed by atoms with Crippen molar-refractivity contribution in [2.75, 3.05) is 45.7 Å². The summed E-state index contributed by atoms with van der Waals surface area (Å²) >= 11 is 0. The number of ether oxygens (including phenoxy) is 3. The fraction of sp³-hybridized carbons (Fsp3) is 0.440. The molecule has 35 heavy (non-hydrogen) atoms. The topological polar surface area (TPSA) is 94.5 Å². The van der Waals surface area contributed by atoms with Crippen molar-refractivity contribution >= 4 is 5.82 Å². The maximum Gasteiger partial charge on any atom is 0.233 e. The molecule has 2 fully saturated rings. The maximum atomic E-state index is 13.3. The normalized spacial score (nSPS) is 18.5. The number of halogens is 1. The Bertz CT molecular complexity index is 1160. The minimum Gasteiger partial charge on any atom is -0.480 e. The van der Waals surface area contributed by atoms with Gasteiger partial charge in [-0.25, -0.2) is 4.39 Å². The lowest BCUT2D eigenvalue weighted by molar-refractivity contribution is 0.0515. The molecule has 0 amide bonds. The summed E-state index contributed by atoms with van der Waals surface area (Å²) in [6, 6.07) is 11.8. The molecule has 2 aromatic heterocycles. The molecule has 1 aliphatic carbocycles. The number of hydrogen-bond donors (Lipinski definition) is 1. The third kappa shape index (κ3) is 5.18. The van der Waals surface area contributed by atoms with Crippen LogP contribution < -0.4 is 19.7 Å². The Labute approximate surface area is 203 Å². The highest BCUT2D eigenvalue weighted by molar-refractivity contribution is 5.74. The van der Waals surface area contributed by atoms with Crippen LogP contribution in [0.5, 0.6) is 11.6 Å². The van der Waals surface area contributed by atoms with Gasteiger partial charge in [-0.1, -0.05) is 6.07 Å². The molecule has 1 saturated carbocycles. The van der Waals surface area contributed by atoms with Gasteiger partial charge in [-0.15, -0.1) is 15.3 Å². The molecule has 0 bridgehead atoms. The second-order valence-corrected chi connectivity index (χ2v) is 9.02. The van der Waals surface area contributed by atoms with Crippen molar-refractivity contribution in [3.63, 3.8) is 0 Å². The Morgan fingerprint density at radius 2 is 1.97 bits per heavy atom. The minimum absolute atomic E-state index is 0.0996. The van der Waals surface area contributed by atoms with E-state index in [2.05, 4.69) is 30.6 Å². The molecule has 1 unspecified atom stereocenters. The molecular weight excluding hydrogens is 451 g/mol. The van der Waals surface area contributed by atoms with E-state index in [0.29, 0.717) is 17.3 Å². The first kappa shape index (κ1) is 23.4. The average molecular weight is 481 g/mol. The van der Waals surface area contributed by atoms with Crippen molar-refractivity contribution in [1.82, 2.24) is 25.7 Å². The monoisotopic (exact) mass is 480 g/mol. The fourth-order valence-corrected chi connectivity index (χ4v) is 4.38. The average Bonchev–Trinajstić information content (AvgIpc) is 3.54. The molecule has 1 aliphatic heterocycles. The molecule has 1 atom stereocenters. The van der Waals surface area contributed by atoms with Crippen molar-refractivity contribution in [2.24, 2.45) is 0 Å². The van der Waals surface area contributed by atoms with E-state index in [1.165, 1.54) is 0 Å². The van der Waals surface area contributed by atoms with Gasteiger partial charge in [0.05, 0.1) is 19.0 Å². The van der Waals surface area contributed by atoms with Crippen LogP contribution in [0.25, 0.3) is 22.4 Å². The summed E-state index contributed by atoms with van der Waals surface area (Å²) < 4.78 is 29.4. The van der Waals surface area contributed by atoms with Gasteiger partial charge in [0, 0.05) is 49.0 Å². The highest BCUT2D eigenvalue weighted by Gasteiger charge is 2.45. The molecular formula is C25H29FN6O3. The van der Waals surface area contributed by atoms with Crippen LogP contribution in [0.1, 0.15) is 19.3 Å². The highest BCUT2D eigenvalue weighted by atomic mass is 19.1. The van der Waals surface area contributed by atoms with Crippen LogP contribution in [0.2, 0.25) is 0 Å². The van der Waals surface area contributed by atoms with E-state index in [1.807, 2.05) is 36.4 Å². The number of nitrogens with one attached hydrogen (secondary N) is 1. The van der Waals surface area contributed by atoms with Gasteiger partial charge in [0.15, 0.2) is 12.6 Å². The van der Waals surface area contributed by atoms with Gasteiger partial charge >= 0.3 is 0 Å². The molecule has 9 nitrogen and oxygen atoms in total. The van der Waals surface area contributed by atoms with Gasteiger partial charge in [-0.3, -0.25) is 0 Å². The Kier molecular flexibility index (Phi) is 6.74.